The number of nitrogens with zero attached hydrogens (tertiary/aromatic N) is 1. The maximum atomic E-state index is 6.79. The Labute approximate surface area is 354 Å². The molecule has 0 aliphatic carbocycles. The Morgan fingerprint density at radius 3 is 1.51 bits per heavy atom. The van der Waals surface area contributed by atoms with Crippen LogP contribution in [0, 0.1) is 0 Å². The molecule has 0 atom stereocenters. The Kier molecular flexibility index (Phi) is 9.18. The standard InChI is InChI=1S/C58H39NO2/c1-2-4-15-25-48(47(24-14-3-1)41-20-10-6-11-21-41)43-28-31-45(32-29-43)59(46-33-37-55-52(39-46)50-34-30-44(38-56(50)60-55)40-18-8-5-9-19-40)53-36-35-49(42-22-12-7-13-23-42)58-57(53)51-26-16-17-27-54(51)61-58/h1-39H. The number of hydrogen-bond donors (Lipinski definition) is 0. The molecular formula is C58H39NO2. The van der Waals surface area contributed by atoms with Crippen LogP contribution < -0.4 is 4.90 Å². The quantitative estimate of drug-likeness (QED) is 0.161. The van der Waals surface area contributed by atoms with E-state index in [0.29, 0.717) is 0 Å². The molecule has 0 fully saturated rings. The van der Waals surface area contributed by atoms with Crippen molar-refractivity contribution in [2.75, 3.05) is 4.90 Å². The zero-order chi connectivity index (χ0) is 40.5. The highest BCUT2D eigenvalue weighted by molar-refractivity contribution is 6.17. The fourth-order valence-electron chi connectivity index (χ4n) is 8.63. The fourth-order valence-corrected chi connectivity index (χ4v) is 8.63. The summed E-state index contributed by atoms with van der Waals surface area (Å²) in [5.74, 6) is 0. The molecule has 0 spiro atoms. The number of anilines is 3. The minimum atomic E-state index is 0.845. The van der Waals surface area contributed by atoms with Crippen molar-refractivity contribution in [1.82, 2.24) is 0 Å². The average Bonchev–Trinajstić information content (AvgIpc) is 3.90. The molecule has 0 radical (unpaired) electrons. The van der Waals surface area contributed by atoms with E-state index in [9.17, 15) is 0 Å². The molecule has 0 saturated heterocycles. The molecule has 0 aliphatic rings. The van der Waals surface area contributed by atoms with E-state index < -0.39 is 0 Å². The van der Waals surface area contributed by atoms with E-state index in [1.54, 1.807) is 0 Å². The van der Waals surface area contributed by atoms with Crippen LogP contribution in [0.25, 0.3) is 88.4 Å². The second kappa shape index (κ2) is 15.6. The van der Waals surface area contributed by atoms with Crippen LogP contribution in [0.2, 0.25) is 0 Å². The van der Waals surface area contributed by atoms with Crippen molar-refractivity contribution in [3.8, 4) is 44.5 Å². The van der Waals surface area contributed by atoms with Gasteiger partial charge in [0.1, 0.15) is 22.3 Å². The van der Waals surface area contributed by atoms with E-state index in [2.05, 4.69) is 229 Å². The fraction of sp³-hybridized carbons (Fsp3) is 0. The maximum absolute atomic E-state index is 6.79. The smallest absolute Gasteiger partial charge is 0.145 e. The summed E-state index contributed by atoms with van der Waals surface area (Å²) in [6.07, 6.45) is 0. The van der Waals surface area contributed by atoms with Crippen LogP contribution in [-0.4, -0.2) is 0 Å². The van der Waals surface area contributed by atoms with Crippen LogP contribution in [0.5, 0.6) is 0 Å². The molecule has 0 bridgehead atoms. The van der Waals surface area contributed by atoms with Gasteiger partial charge in [0.25, 0.3) is 0 Å². The van der Waals surface area contributed by atoms with Gasteiger partial charge in [0.05, 0.1) is 11.1 Å². The van der Waals surface area contributed by atoms with Crippen LogP contribution in [-0.2, 0) is 0 Å². The predicted molar refractivity (Wildman–Crippen MR) is 255 cm³/mol. The molecule has 11 aromatic rings. The first kappa shape index (κ1) is 36.0. The van der Waals surface area contributed by atoms with E-state index in [1.807, 2.05) is 12.1 Å². The summed E-state index contributed by atoms with van der Waals surface area (Å²) in [6, 6.07) is 83.3. The largest absolute Gasteiger partial charge is 0.456 e. The monoisotopic (exact) mass is 781 g/mol. The van der Waals surface area contributed by atoms with Gasteiger partial charge in [-0.1, -0.05) is 176 Å². The van der Waals surface area contributed by atoms with Crippen molar-refractivity contribution in [3.63, 3.8) is 0 Å². The van der Waals surface area contributed by atoms with Gasteiger partial charge in [0.2, 0.25) is 0 Å². The Morgan fingerprint density at radius 2 is 0.803 bits per heavy atom. The third-order valence-electron chi connectivity index (χ3n) is 11.5. The molecule has 3 nitrogen and oxygen atoms in total. The lowest BCUT2D eigenvalue weighted by Gasteiger charge is -2.27. The highest BCUT2D eigenvalue weighted by atomic mass is 16.3. The molecule has 0 N–H and O–H groups in total. The van der Waals surface area contributed by atoms with E-state index in [-0.39, 0.29) is 0 Å². The number of para-hydroxylation sites is 1. The van der Waals surface area contributed by atoms with Gasteiger partial charge in [-0.25, -0.2) is 0 Å². The molecule has 0 saturated carbocycles. The lowest BCUT2D eigenvalue weighted by atomic mass is 9.95. The Balaban J connectivity index is 1.13. The molecular weight excluding hydrogens is 743 g/mol. The lowest BCUT2D eigenvalue weighted by molar-refractivity contribution is 0.669. The summed E-state index contributed by atoms with van der Waals surface area (Å²) >= 11 is 0. The first-order chi connectivity index (χ1) is 30.3. The first-order valence-corrected chi connectivity index (χ1v) is 20.7. The summed E-state index contributed by atoms with van der Waals surface area (Å²) in [6.45, 7) is 0. The van der Waals surface area contributed by atoms with E-state index in [0.717, 1.165) is 105 Å². The molecule has 3 heteroatoms. The third-order valence-corrected chi connectivity index (χ3v) is 11.5. The van der Waals surface area contributed by atoms with Gasteiger partial charge in [0.15, 0.2) is 0 Å². The second-order valence-electron chi connectivity index (χ2n) is 15.2. The number of hydrogen-bond acceptors (Lipinski definition) is 3. The zero-order valence-electron chi connectivity index (χ0n) is 33.3. The van der Waals surface area contributed by atoms with Gasteiger partial charge in [-0.05, 0) is 99.6 Å². The van der Waals surface area contributed by atoms with Crippen molar-refractivity contribution in [2.24, 2.45) is 0 Å². The van der Waals surface area contributed by atoms with Gasteiger partial charge < -0.3 is 13.7 Å². The lowest BCUT2D eigenvalue weighted by Crippen LogP contribution is -2.10. The number of rotatable bonds is 7. The summed E-state index contributed by atoms with van der Waals surface area (Å²) in [5.41, 5.74) is 15.5. The molecule has 11 rings (SSSR count). The topological polar surface area (TPSA) is 29.5 Å². The highest BCUT2D eigenvalue weighted by Gasteiger charge is 2.23. The van der Waals surface area contributed by atoms with Crippen molar-refractivity contribution in [3.05, 3.63) is 237 Å². The van der Waals surface area contributed by atoms with Gasteiger partial charge >= 0.3 is 0 Å². The van der Waals surface area contributed by atoms with Crippen LogP contribution in [0.1, 0.15) is 0 Å². The highest BCUT2D eigenvalue weighted by Crippen LogP contribution is 2.47. The predicted octanol–water partition coefficient (Wildman–Crippen LogP) is 16.7. The van der Waals surface area contributed by atoms with E-state index >= 15 is 0 Å². The first-order valence-electron chi connectivity index (χ1n) is 20.7. The van der Waals surface area contributed by atoms with Crippen LogP contribution in [0.3, 0.4) is 0 Å². The minimum absolute atomic E-state index is 0.845. The molecule has 0 amide bonds. The number of fused-ring (bicyclic) bond motifs is 6. The average molecular weight is 782 g/mol. The molecule has 2 heterocycles. The molecule has 61 heavy (non-hydrogen) atoms. The summed E-state index contributed by atoms with van der Waals surface area (Å²) in [5, 5.41) is 4.25. The van der Waals surface area contributed by atoms with Crippen molar-refractivity contribution in [1.29, 1.82) is 0 Å². The van der Waals surface area contributed by atoms with Crippen molar-refractivity contribution >= 4 is 60.9 Å². The van der Waals surface area contributed by atoms with E-state index in [4.69, 9.17) is 8.83 Å². The van der Waals surface area contributed by atoms with Crippen LogP contribution in [0.4, 0.5) is 17.1 Å². The van der Waals surface area contributed by atoms with Gasteiger partial charge in [-0.15, -0.1) is 0 Å². The molecule has 2 aromatic heterocycles. The Morgan fingerprint density at radius 1 is 0.279 bits per heavy atom. The van der Waals surface area contributed by atoms with Gasteiger partial charge in [-0.2, -0.15) is 0 Å². The second-order valence-corrected chi connectivity index (χ2v) is 15.2. The summed E-state index contributed by atoms with van der Waals surface area (Å²) in [7, 11) is 0. The summed E-state index contributed by atoms with van der Waals surface area (Å²) in [4.78, 5) is 2.36. The summed E-state index contributed by atoms with van der Waals surface area (Å²) < 4.78 is 13.3. The third kappa shape index (κ3) is 6.69. The zero-order valence-corrected chi connectivity index (χ0v) is 33.3. The molecule has 0 aliphatic heterocycles. The van der Waals surface area contributed by atoms with Crippen molar-refractivity contribution < 1.29 is 8.83 Å². The number of furan rings is 2. The molecule has 0 unspecified atom stereocenters. The molecule has 288 valence electrons. The van der Waals surface area contributed by atoms with E-state index in [1.165, 1.54) is 0 Å². The normalized spacial score (nSPS) is 11.3. The van der Waals surface area contributed by atoms with Crippen LogP contribution >= 0.6 is 0 Å². The minimum Gasteiger partial charge on any atom is -0.456 e. The van der Waals surface area contributed by atoms with Gasteiger partial charge in [-0.3, -0.25) is 0 Å². The van der Waals surface area contributed by atoms with Gasteiger partial charge in [0, 0.05) is 33.1 Å². The SMILES string of the molecule is c1ccccc(-c2ccc(N(c3ccc4oc5cc(-c6ccccc6)ccc5c4c3)c3ccc(-c4ccccc4)c4oc5ccccc5c34)cc2)c(-c2ccccc2)ccc1. The number of benzene rings is 8. The maximum Gasteiger partial charge on any atom is 0.145 e. The van der Waals surface area contributed by atoms with Crippen LogP contribution in [0.15, 0.2) is 245 Å². The Bertz CT molecular complexity index is 3400. The Hall–Kier alpha value is -8.14. The van der Waals surface area contributed by atoms with Crippen molar-refractivity contribution in [2.45, 2.75) is 0 Å². The molecule has 9 aromatic carbocycles.